The van der Waals surface area contributed by atoms with Crippen molar-refractivity contribution in [2.24, 2.45) is 0 Å². The van der Waals surface area contributed by atoms with Gasteiger partial charge < -0.3 is 10.6 Å². The van der Waals surface area contributed by atoms with Gasteiger partial charge in [-0.25, -0.2) is 0 Å². The molecule has 0 saturated heterocycles. The van der Waals surface area contributed by atoms with Gasteiger partial charge in [-0.1, -0.05) is 66.2 Å². The number of pyridine rings is 1. The third-order valence-corrected chi connectivity index (χ3v) is 5.57. The van der Waals surface area contributed by atoms with Crippen LogP contribution in [0.1, 0.15) is 22.3 Å². The molecule has 160 valence electrons. The quantitative estimate of drug-likeness (QED) is 0.409. The van der Waals surface area contributed by atoms with Gasteiger partial charge in [0.15, 0.2) is 0 Å². The van der Waals surface area contributed by atoms with Crippen LogP contribution in [0.25, 0.3) is 10.8 Å². The first-order chi connectivity index (χ1) is 15.6. The molecule has 32 heavy (non-hydrogen) atoms. The fourth-order valence-corrected chi connectivity index (χ4v) is 3.78. The predicted molar refractivity (Wildman–Crippen MR) is 128 cm³/mol. The zero-order chi connectivity index (χ0) is 22.3. The molecule has 1 aromatic heterocycles. The van der Waals surface area contributed by atoms with Crippen molar-refractivity contribution in [2.75, 3.05) is 5.32 Å². The molecule has 0 aliphatic carbocycles. The van der Waals surface area contributed by atoms with Crippen LogP contribution < -0.4 is 10.6 Å². The van der Waals surface area contributed by atoms with Crippen molar-refractivity contribution in [1.82, 2.24) is 10.3 Å². The van der Waals surface area contributed by atoms with E-state index in [-0.39, 0.29) is 11.8 Å². The molecule has 2 N–H and O–H groups in total. The van der Waals surface area contributed by atoms with Gasteiger partial charge in [-0.2, -0.15) is 0 Å². The molecule has 1 atom stereocenters. The predicted octanol–water partition coefficient (Wildman–Crippen LogP) is 5.26. The molecule has 0 aliphatic heterocycles. The molecular weight excluding hydrogens is 422 g/mol. The summed E-state index contributed by atoms with van der Waals surface area (Å²) < 4.78 is 0. The summed E-state index contributed by atoms with van der Waals surface area (Å²) in [6, 6.07) is 23.4. The normalized spacial score (nSPS) is 11.7. The molecule has 1 unspecified atom stereocenters. The van der Waals surface area contributed by atoms with E-state index in [9.17, 15) is 9.59 Å². The van der Waals surface area contributed by atoms with Crippen LogP contribution in [-0.4, -0.2) is 22.8 Å². The summed E-state index contributed by atoms with van der Waals surface area (Å²) >= 11 is 6.18. The molecular formula is C26H22ClN3O2. The number of nitrogens with one attached hydrogen (secondary N) is 2. The SMILES string of the molecule is O=C(NC(CCc1ccccc1)C(=O)Nc1cccc2cnccc12)c1ccccc1Cl. The number of aromatic nitrogens is 1. The van der Waals surface area contributed by atoms with E-state index >= 15 is 0 Å². The van der Waals surface area contributed by atoms with Gasteiger partial charge in [0.25, 0.3) is 5.91 Å². The van der Waals surface area contributed by atoms with E-state index in [4.69, 9.17) is 11.6 Å². The number of carbonyl (C=O) groups excluding carboxylic acids is 2. The second kappa shape index (κ2) is 10.1. The van der Waals surface area contributed by atoms with E-state index in [0.717, 1.165) is 16.3 Å². The van der Waals surface area contributed by atoms with Crippen molar-refractivity contribution in [1.29, 1.82) is 0 Å². The van der Waals surface area contributed by atoms with Crippen molar-refractivity contribution >= 4 is 39.9 Å². The molecule has 1 heterocycles. The zero-order valence-electron chi connectivity index (χ0n) is 17.3. The lowest BCUT2D eigenvalue weighted by molar-refractivity contribution is -0.118. The number of nitrogens with zero attached hydrogens (tertiary/aromatic N) is 1. The molecule has 6 heteroatoms. The number of carbonyl (C=O) groups is 2. The number of rotatable bonds is 7. The number of aryl methyl sites for hydroxylation is 1. The first-order valence-electron chi connectivity index (χ1n) is 10.3. The van der Waals surface area contributed by atoms with Gasteiger partial charge in [0.05, 0.1) is 10.6 Å². The second-order valence-corrected chi connectivity index (χ2v) is 7.83. The zero-order valence-corrected chi connectivity index (χ0v) is 18.0. The Morgan fingerprint density at radius 2 is 1.69 bits per heavy atom. The number of amides is 2. The number of halogens is 1. The molecule has 0 fully saturated rings. The largest absolute Gasteiger partial charge is 0.340 e. The van der Waals surface area contributed by atoms with Gasteiger partial charge in [0.1, 0.15) is 6.04 Å². The molecule has 0 bridgehead atoms. The Balaban J connectivity index is 1.56. The molecule has 0 aliphatic rings. The Kier molecular flexibility index (Phi) is 6.78. The van der Waals surface area contributed by atoms with Crippen LogP contribution in [-0.2, 0) is 11.2 Å². The molecule has 0 saturated carbocycles. The average molecular weight is 444 g/mol. The van der Waals surface area contributed by atoms with Crippen LogP contribution in [0.2, 0.25) is 5.02 Å². The topological polar surface area (TPSA) is 71.1 Å². The molecule has 2 amide bonds. The van der Waals surface area contributed by atoms with Crippen molar-refractivity contribution < 1.29 is 9.59 Å². The first kappa shape index (κ1) is 21.5. The van der Waals surface area contributed by atoms with Crippen molar-refractivity contribution in [3.63, 3.8) is 0 Å². The van der Waals surface area contributed by atoms with Gasteiger partial charge >= 0.3 is 0 Å². The summed E-state index contributed by atoms with van der Waals surface area (Å²) in [5.74, 6) is -0.670. The highest BCUT2D eigenvalue weighted by atomic mass is 35.5. The van der Waals surface area contributed by atoms with Crippen molar-refractivity contribution in [3.8, 4) is 0 Å². The Morgan fingerprint density at radius 3 is 2.50 bits per heavy atom. The fourth-order valence-electron chi connectivity index (χ4n) is 3.56. The summed E-state index contributed by atoms with van der Waals surface area (Å²) in [5.41, 5.74) is 2.10. The highest BCUT2D eigenvalue weighted by Gasteiger charge is 2.23. The van der Waals surface area contributed by atoms with E-state index in [1.807, 2.05) is 54.6 Å². The number of anilines is 1. The second-order valence-electron chi connectivity index (χ2n) is 7.42. The minimum absolute atomic E-state index is 0.286. The van der Waals surface area contributed by atoms with Gasteiger partial charge in [0, 0.05) is 28.9 Å². The Hall–Kier alpha value is -3.70. The average Bonchev–Trinajstić information content (AvgIpc) is 2.82. The lowest BCUT2D eigenvalue weighted by atomic mass is 10.0. The molecule has 3 aromatic carbocycles. The lowest BCUT2D eigenvalue weighted by Gasteiger charge is -2.20. The van der Waals surface area contributed by atoms with Crippen molar-refractivity contribution in [3.05, 3.63) is 107 Å². The van der Waals surface area contributed by atoms with E-state index in [1.54, 1.807) is 36.7 Å². The summed E-state index contributed by atoms with van der Waals surface area (Å²) in [6.45, 7) is 0. The Morgan fingerprint density at radius 1 is 0.906 bits per heavy atom. The monoisotopic (exact) mass is 443 g/mol. The molecule has 0 spiro atoms. The first-order valence-corrected chi connectivity index (χ1v) is 10.7. The Bertz CT molecular complexity index is 1240. The van der Waals surface area contributed by atoms with E-state index in [0.29, 0.717) is 29.1 Å². The maximum absolute atomic E-state index is 13.3. The highest BCUT2D eigenvalue weighted by Crippen LogP contribution is 2.23. The number of hydrogen-bond acceptors (Lipinski definition) is 3. The fraction of sp³-hybridized carbons (Fsp3) is 0.115. The minimum atomic E-state index is -0.740. The van der Waals surface area contributed by atoms with E-state index in [2.05, 4.69) is 15.6 Å². The van der Waals surface area contributed by atoms with Crippen molar-refractivity contribution in [2.45, 2.75) is 18.9 Å². The molecule has 4 aromatic rings. The third-order valence-electron chi connectivity index (χ3n) is 5.24. The summed E-state index contributed by atoms with van der Waals surface area (Å²) in [7, 11) is 0. The summed E-state index contributed by atoms with van der Waals surface area (Å²) in [4.78, 5) is 30.3. The van der Waals surface area contributed by atoms with Crippen LogP contribution in [0.3, 0.4) is 0 Å². The van der Waals surface area contributed by atoms with Crippen LogP contribution in [0.5, 0.6) is 0 Å². The highest BCUT2D eigenvalue weighted by molar-refractivity contribution is 6.33. The summed E-state index contributed by atoms with van der Waals surface area (Å²) in [6.07, 6.45) is 4.51. The molecule has 0 radical (unpaired) electrons. The maximum atomic E-state index is 13.3. The standard InChI is InChI=1S/C26H22ClN3O2/c27-22-11-5-4-10-21(22)25(31)30-24(14-13-18-7-2-1-3-8-18)26(32)29-23-12-6-9-19-17-28-16-15-20(19)23/h1-12,15-17,24H,13-14H2,(H,29,32)(H,30,31). The van der Waals surface area contributed by atoms with Gasteiger partial charge in [-0.15, -0.1) is 0 Å². The van der Waals surface area contributed by atoms with Gasteiger partial charge in [-0.3, -0.25) is 14.6 Å². The number of hydrogen-bond donors (Lipinski definition) is 2. The lowest BCUT2D eigenvalue weighted by Crippen LogP contribution is -2.44. The van der Waals surface area contributed by atoms with Gasteiger partial charge in [0.2, 0.25) is 5.91 Å². The smallest absolute Gasteiger partial charge is 0.253 e. The van der Waals surface area contributed by atoms with E-state index < -0.39 is 6.04 Å². The minimum Gasteiger partial charge on any atom is -0.340 e. The maximum Gasteiger partial charge on any atom is 0.253 e. The third kappa shape index (κ3) is 5.13. The van der Waals surface area contributed by atoms with Crippen LogP contribution in [0.15, 0.2) is 91.3 Å². The molecule has 5 nitrogen and oxygen atoms in total. The van der Waals surface area contributed by atoms with Crippen LogP contribution in [0.4, 0.5) is 5.69 Å². The Labute approximate surface area is 191 Å². The van der Waals surface area contributed by atoms with E-state index in [1.165, 1.54) is 0 Å². The summed E-state index contributed by atoms with van der Waals surface area (Å²) in [5, 5.41) is 7.99. The molecule has 4 rings (SSSR count). The van der Waals surface area contributed by atoms with Crippen LogP contribution in [0, 0.1) is 0 Å². The number of benzene rings is 3. The van der Waals surface area contributed by atoms with Gasteiger partial charge in [-0.05, 0) is 42.7 Å². The van der Waals surface area contributed by atoms with Crippen LogP contribution >= 0.6 is 11.6 Å². The number of fused-ring (bicyclic) bond motifs is 1.